The number of anilines is 3. The Morgan fingerprint density at radius 2 is 1.38 bits per heavy atom. The van der Waals surface area contributed by atoms with Crippen LogP contribution in [0.4, 0.5) is 22.0 Å². The molecule has 0 spiro atoms. The summed E-state index contributed by atoms with van der Waals surface area (Å²) >= 11 is 0. The van der Waals surface area contributed by atoms with E-state index in [1.807, 2.05) is 60.7 Å². The summed E-state index contributed by atoms with van der Waals surface area (Å²) in [4.78, 5) is 14.7. The van der Waals surface area contributed by atoms with Crippen molar-refractivity contribution in [3.63, 3.8) is 0 Å². The van der Waals surface area contributed by atoms with Gasteiger partial charge in [0.05, 0.1) is 5.69 Å². The lowest BCUT2D eigenvalue weighted by molar-refractivity contribution is 0.262. The number of piperidine rings is 1. The van der Waals surface area contributed by atoms with Crippen LogP contribution < -0.4 is 15.5 Å². The molecular formula is C26H31N5O. The number of rotatable bonds is 4. The summed E-state index contributed by atoms with van der Waals surface area (Å²) in [6, 6.07) is 19.3. The number of benzene rings is 2. The number of hydrogen-bond donors (Lipinski definition) is 2. The lowest BCUT2D eigenvalue weighted by Gasteiger charge is -2.27. The van der Waals surface area contributed by atoms with Gasteiger partial charge in [-0.3, -0.25) is 0 Å². The van der Waals surface area contributed by atoms with E-state index in [2.05, 4.69) is 46.5 Å². The van der Waals surface area contributed by atoms with Crippen LogP contribution in [-0.4, -0.2) is 29.3 Å². The molecule has 6 heteroatoms. The van der Waals surface area contributed by atoms with Crippen molar-refractivity contribution in [2.45, 2.75) is 45.4 Å². The van der Waals surface area contributed by atoms with Gasteiger partial charge < -0.3 is 15.5 Å². The third-order valence-corrected chi connectivity index (χ3v) is 5.78. The molecule has 0 atom stereocenters. The number of aromatic nitrogens is 2. The van der Waals surface area contributed by atoms with Crippen molar-refractivity contribution in [3.8, 4) is 11.3 Å². The minimum absolute atomic E-state index is 0.0841. The van der Waals surface area contributed by atoms with Crippen LogP contribution in [0.1, 0.15) is 45.6 Å². The van der Waals surface area contributed by atoms with Crippen molar-refractivity contribution in [1.82, 2.24) is 10.2 Å². The fraction of sp³-hybridized carbons (Fsp3) is 0.346. The molecule has 32 heavy (non-hydrogen) atoms. The number of carbonyl (C=O) groups excluding carboxylic acids is 1. The molecule has 6 nitrogen and oxygen atoms in total. The van der Waals surface area contributed by atoms with Crippen molar-refractivity contribution in [2.75, 3.05) is 28.6 Å². The number of nitrogens with zero attached hydrogens (tertiary/aromatic N) is 3. The highest BCUT2D eigenvalue weighted by Crippen LogP contribution is 2.24. The molecule has 1 aliphatic heterocycles. The second-order valence-electron chi connectivity index (χ2n) is 9.31. The Bertz CT molecular complexity index is 1030. The second kappa shape index (κ2) is 9.39. The third kappa shape index (κ3) is 5.44. The van der Waals surface area contributed by atoms with E-state index in [9.17, 15) is 4.79 Å². The van der Waals surface area contributed by atoms with Gasteiger partial charge in [-0.15, -0.1) is 10.2 Å². The second-order valence-corrected chi connectivity index (χ2v) is 9.31. The quantitative estimate of drug-likeness (QED) is 0.528. The van der Waals surface area contributed by atoms with Crippen LogP contribution in [0.5, 0.6) is 0 Å². The first-order chi connectivity index (χ1) is 15.4. The maximum absolute atomic E-state index is 12.4. The maximum atomic E-state index is 12.4. The number of hydrogen-bond acceptors (Lipinski definition) is 4. The summed E-state index contributed by atoms with van der Waals surface area (Å²) < 4.78 is 0. The molecule has 2 amide bonds. The topological polar surface area (TPSA) is 70.2 Å². The lowest BCUT2D eigenvalue weighted by Crippen LogP contribution is -2.30. The Balaban J connectivity index is 1.34. The standard InChI is InChI=1S/C26H31N5O/c1-26(2,3)20-9-13-22(14-10-20)28-25(32)27-21-11-7-19(8-12-21)23-15-16-24(30-29-23)31-17-5-4-6-18-31/h7-16H,4-6,17-18H2,1-3H3,(H2,27,28,32). The van der Waals surface area contributed by atoms with E-state index >= 15 is 0 Å². The molecule has 0 radical (unpaired) electrons. The summed E-state index contributed by atoms with van der Waals surface area (Å²) in [5.41, 5.74) is 4.57. The Kier molecular flexibility index (Phi) is 6.40. The van der Waals surface area contributed by atoms with Crippen LogP contribution in [-0.2, 0) is 5.41 Å². The molecule has 0 saturated carbocycles. The van der Waals surface area contributed by atoms with Crippen LogP contribution in [0.3, 0.4) is 0 Å². The van der Waals surface area contributed by atoms with E-state index in [1.165, 1.54) is 24.8 Å². The molecule has 2 aromatic carbocycles. The highest BCUT2D eigenvalue weighted by atomic mass is 16.2. The van der Waals surface area contributed by atoms with Gasteiger partial charge in [0.1, 0.15) is 0 Å². The Hall–Kier alpha value is -3.41. The molecule has 1 saturated heterocycles. The van der Waals surface area contributed by atoms with E-state index in [1.54, 1.807) is 0 Å². The number of carbonyl (C=O) groups is 1. The number of urea groups is 1. The van der Waals surface area contributed by atoms with Crippen LogP contribution >= 0.6 is 0 Å². The fourth-order valence-corrected chi connectivity index (χ4v) is 3.84. The zero-order chi connectivity index (χ0) is 22.6. The van der Waals surface area contributed by atoms with Crippen molar-refractivity contribution in [1.29, 1.82) is 0 Å². The summed E-state index contributed by atoms with van der Waals surface area (Å²) in [7, 11) is 0. The largest absolute Gasteiger partial charge is 0.355 e. The zero-order valence-electron chi connectivity index (χ0n) is 19.1. The summed E-state index contributed by atoms with van der Waals surface area (Å²) in [6.07, 6.45) is 3.73. The number of nitrogens with one attached hydrogen (secondary N) is 2. The van der Waals surface area contributed by atoms with Gasteiger partial charge in [0.2, 0.25) is 0 Å². The highest BCUT2D eigenvalue weighted by Gasteiger charge is 2.14. The third-order valence-electron chi connectivity index (χ3n) is 5.78. The van der Waals surface area contributed by atoms with E-state index in [-0.39, 0.29) is 11.4 Å². The first-order valence-electron chi connectivity index (χ1n) is 11.3. The molecule has 166 valence electrons. The van der Waals surface area contributed by atoms with E-state index in [0.717, 1.165) is 41.5 Å². The van der Waals surface area contributed by atoms with Gasteiger partial charge in [0.15, 0.2) is 5.82 Å². The average Bonchev–Trinajstić information content (AvgIpc) is 2.80. The van der Waals surface area contributed by atoms with E-state index in [0.29, 0.717) is 0 Å². The van der Waals surface area contributed by atoms with Crippen LogP contribution in [0.15, 0.2) is 60.7 Å². The molecule has 1 aromatic heterocycles. The molecule has 0 aliphatic carbocycles. The van der Waals surface area contributed by atoms with Gasteiger partial charge in [-0.05, 0) is 66.6 Å². The van der Waals surface area contributed by atoms with Gasteiger partial charge in [0.25, 0.3) is 0 Å². The van der Waals surface area contributed by atoms with Crippen LogP contribution in [0.25, 0.3) is 11.3 Å². The molecule has 1 fully saturated rings. The van der Waals surface area contributed by atoms with Gasteiger partial charge in [-0.2, -0.15) is 0 Å². The highest BCUT2D eigenvalue weighted by molar-refractivity contribution is 5.99. The Morgan fingerprint density at radius 1 is 0.781 bits per heavy atom. The Morgan fingerprint density at radius 3 is 1.91 bits per heavy atom. The fourth-order valence-electron chi connectivity index (χ4n) is 3.84. The molecule has 0 bridgehead atoms. The lowest BCUT2D eigenvalue weighted by atomic mass is 9.87. The average molecular weight is 430 g/mol. The molecule has 4 rings (SSSR count). The van der Waals surface area contributed by atoms with Gasteiger partial charge in [-0.1, -0.05) is 45.0 Å². The van der Waals surface area contributed by atoms with Gasteiger partial charge >= 0.3 is 6.03 Å². The van der Waals surface area contributed by atoms with Crippen molar-refractivity contribution in [3.05, 3.63) is 66.2 Å². The SMILES string of the molecule is CC(C)(C)c1ccc(NC(=O)Nc2ccc(-c3ccc(N4CCCCC4)nn3)cc2)cc1. The van der Waals surface area contributed by atoms with Gasteiger partial charge in [0, 0.05) is 30.0 Å². The molecule has 2 heterocycles. The minimum Gasteiger partial charge on any atom is -0.355 e. The Labute approximate surface area is 190 Å². The molecule has 2 N–H and O–H groups in total. The van der Waals surface area contributed by atoms with Crippen LogP contribution in [0.2, 0.25) is 0 Å². The van der Waals surface area contributed by atoms with Crippen molar-refractivity contribution in [2.24, 2.45) is 0 Å². The van der Waals surface area contributed by atoms with Crippen LogP contribution in [0, 0.1) is 0 Å². The molecule has 3 aromatic rings. The predicted molar refractivity (Wildman–Crippen MR) is 131 cm³/mol. The first-order valence-corrected chi connectivity index (χ1v) is 11.3. The zero-order valence-corrected chi connectivity index (χ0v) is 19.1. The summed E-state index contributed by atoms with van der Waals surface area (Å²) in [5, 5.41) is 14.6. The predicted octanol–water partition coefficient (Wildman–Crippen LogP) is 6.08. The van der Waals surface area contributed by atoms with Crippen molar-refractivity contribution < 1.29 is 4.79 Å². The number of amides is 2. The molecule has 1 aliphatic rings. The molecule has 0 unspecified atom stereocenters. The first kappa shape index (κ1) is 21.8. The van der Waals surface area contributed by atoms with Gasteiger partial charge in [-0.25, -0.2) is 4.79 Å². The summed E-state index contributed by atoms with van der Waals surface area (Å²) in [6.45, 7) is 8.61. The summed E-state index contributed by atoms with van der Waals surface area (Å²) in [5.74, 6) is 0.943. The van der Waals surface area contributed by atoms with E-state index in [4.69, 9.17) is 0 Å². The van der Waals surface area contributed by atoms with E-state index < -0.39 is 0 Å². The maximum Gasteiger partial charge on any atom is 0.323 e. The minimum atomic E-state index is -0.271. The normalized spacial score (nSPS) is 14.2. The van der Waals surface area contributed by atoms with Crippen molar-refractivity contribution >= 4 is 23.2 Å². The molecular weight excluding hydrogens is 398 g/mol. The monoisotopic (exact) mass is 429 g/mol. The smallest absolute Gasteiger partial charge is 0.323 e.